The zero-order valence-electron chi connectivity index (χ0n) is 12.9. The molecule has 6 heteroatoms. The third-order valence-corrected chi connectivity index (χ3v) is 3.27. The van der Waals surface area contributed by atoms with Crippen molar-refractivity contribution in [1.82, 2.24) is 0 Å². The lowest BCUT2D eigenvalue weighted by atomic mass is 10.1. The van der Waals surface area contributed by atoms with Crippen LogP contribution in [0.5, 0.6) is 5.75 Å². The number of carbonyl (C=O) groups excluding carboxylic acids is 1. The molecule has 0 radical (unpaired) electrons. The molecule has 0 aliphatic carbocycles. The summed E-state index contributed by atoms with van der Waals surface area (Å²) in [6.07, 6.45) is 0. The maximum Gasteiger partial charge on any atom is 0.338 e. The fourth-order valence-electron chi connectivity index (χ4n) is 1.98. The van der Waals surface area contributed by atoms with Gasteiger partial charge in [-0.1, -0.05) is 0 Å². The van der Waals surface area contributed by atoms with Gasteiger partial charge in [0.1, 0.15) is 24.0 Å². The standard InChI is InChI=1S/C17H17F2NO3/c1-11-15(19)9-12(17(21)22-2)10-16(11)20-7-8-23-14-5-3-13(18)4-6-14/h3-6,9-10,20H,7-8H2,1-2H3. The Bertz CT molecular complexity index is 687. The van der Waals surface area contributed by atoms with Gasteiger partial charge >= 0.3 is 5.97 Å². The fourth-order valence-corrected chi connectivity index (χ4v) is 1.98. The van der Waals surface area contributed by atoms with Gasteiger partial charge in [0, 0.05) is 17.8 Å². The van der Waals surface area contributed by atoms with Gasteiger partial charge in [-0.25, -0.2) is 13.6 Å². The number of methoxy groups -OCH3 is 1. The normalized spacial score (nSPS) is 10.3. The summed E-state index contributed by atoms with van der Waals surface area (Å²) < 4.78 is 36.6. The number of rotatable bonds is 6. The molecule has 0 spiro atoms. The van der Waals surface area contributed by atoms with Crippen LogP contribution in [0.2, 0.25) is 0 Å². The zero-order chi connectivity index (χ0) is 16.8. The van der Waals surface area contributed by atoms with Gasteiger partial charge in [-0.15, -0.1) is 0 Å². The van der Waals surface area contributed by atoms with Crippen LogP contribution in [0.15, 0.2) is 36.4 Å². The van der Waals surface area contributed by atoms with Crippen molar-refractivity contribution in [3.8, 4) is 5.75 Å². The lowest BCUT2D eigenvalue weighted by molar-refractivity contribution is 0.0600. The summed E-state index contributed by atoms with van der Waals surface area (Å²) in [6, 6.07) is 8.34. The lowest BCUT2D eigenvalue weighted by Gasteiger charge is -2.12. The molecule has 2 rings (SSSR count). The van der Waals surface area contributed by atoms with E-state index in [1.807, 2.05) is 0 Å². The molecule has 122 valence electrons. The average molecular weight is 321 g/mol. The van der Waals surface area contributed by atoms with E-state index in [2.05, 4.69) is 10.1 Å². The summed E-state index contributed by atoms with van der Waals surface area (Å²) in [6.45, 7) is 2.30. The van der Waals surface area contributed by atoms with Crippen LogP contribution in [0, 0.1) is 18.6 Å². The van der Waals surface area contributed by atoms with Crippen LogP contribution in [-0.2, 0) is 4.74 Å². The summed E-state index contributed by atoms with van der Waals surface area (Å²) in [4.78, 5) is 11.5. The summed E-state index contributed by atoms with van der Waals surface area (Å²) in [5.41, 5.74) is 1.03. The van der Waals surface area contributed by atoms with E-state index in [4.69, 9.17) is 4.74 Å². The first-order valence-electron chi connectivity index (χ1n) is 7.02. The molecule has 0 aliphatic rings. The zero-order valence-corrected chi connectivity index (χ0v) is 12.9. The van der Waals surface area contributed by atoms with Crippen molar-refractivity contribution >= 4 is 11.7 Å². The third kappa shape index (κ3) is 4.42. The summed E-state index contributed by atoms with van der Waals surface area (Å²) >= 11 is 0. The number of hydrogen-bond acceptors (Lipinski definition) is 4. The molecule has 0 aliphatic heterocycles. The first kappa shape index (κ1) is 16.7. The molecule has 0 amide bonds. The predicted octanol–water partition coefficient (Wildman–Crippen LogP) is 3.55. The molecule has 0 fully saturated rings. The average Bonchev–Trinajstić information content (AvgIpc) is 2.55. The number of halogens is 2. The second-order valence-corrected chi connectivity index (χ2v) is 4.85. The van der Waals surface area contributed by atoms with Crippen LogP contribution in [0.4, 0.5) is 14.5 Å². The van der Waals surface area contributed by atoms with Gasteiger partial charge in [-0.2, -0.15) is 0 Å². The highest BCUT2D eigenvalue weighted by atomic mass is 19.1. The van der Waals surface area contributed by atoms with E-state index >= 15 is 0 Å². The summed E-state index contributed by atoms with van der Waals surface area (Å²) in [5.74, 6) is -0.884. The minimum atomic E-state index is -0.602. The Morgan fingerprint density at radius 1 is 1.17 bits per heavy atom. The Labute approximate surface area is 133 Å². The second kappa shape index (κ2) is 7.58. The summed E-state index contributed by atoms with van der Waals surface area (Å²) in [5, 5.41) is 3.01. The van der Waals surface area contributed by atoms with Crippen LogP contribution in [0.3, 0.4) is 0 Å². The van der Waals surface area contributed by atoms with Gasteiger partial charge in [0.15, 0.2) is 0 Å². The largest absolute Gasteiger partial charge is 0.492 e. The molecule has 0 aromatic heterocycles. The second-order valence-electron chi connectivity index (χ2n) is 4.85. The molecule has 2 aromatic carbocycles. The molecule has 0 unspecified atom stereocenters. The highest BCUT2D eigenvalue weighted by Gasteiger charge is 2.12. The van der Waals surface area contributed by atoms with Gasteiger partial charge in [0.25, 0.3) is 0 Å². The predicted molar refractivity (Wildman–Crippen MR) is 82.9 cm³/mol. The molecular weight excluding hydrogens is 304 g/mol. The Balaban J connectivity index is 1.95. The maximum absolute atomic E-state index is 13.8. The highest BCUT2D eigenvalue weighted by molar-refractivity contribution is 5.90. The quantitative estimate of drug-likeness (QED) is 0.653. The number of nitrogens with one attached hydrogen (secondary N) is 1. The smallest absolute Gasteiger partial charge is 0.338 e. The van der Waals surface area contributed by atoms with Gasteiger partial charge in [-0.3, -0.25) is 0 Å². The van der Waals surface area contributed by atoms with Crippen molar-refractivity contribution in [3.05, 3.63) is 59.2 Å². The molecular formula is C17H17F2NO3. The van der Waals surface area contributed by atoms with E-state index in [0.29, 0.717) is 30.2 Å². The van der Waals surface area contributed by atoms with Crippen molar-refractivity contribution in [2.45, 2.75) is 6.92 Å². The topological polar surface area (TPSA) is 47.6 Å². The Hall–Kier alpha value is -2.63. The van der Waals surface area contributed by atoms with E-state index < -0.39 is 11.8 Å². The minimum Gasteiger partial charge on any atom is -0.492 e. The highest BCUT2D eigenvalue weighted by Crippen LogP contribution is 2.21. The van der Waals surface area contributed by atoms with Crippen molar-refractivity contribution in [3.63, 3.8) is 0 Å². The third-order valence-electron chi connectivity index (χ3n) is 3.27. The van der Waals surface area contributed by atoms with E-state index in [1.54, 1.807) is 6.92 Å². The lowest BCUT2D eigenvalue weighted by Crippen LogP contribution is -2.13. The Kier molecular flexibility index (Phi) is 5.51. The van der Waals surface area contributed by atoms with Gasteiger partial charge in [-0.05, 0) is 43.3 Å². The number of benzene rings is 2. The molecule has 0 atom stereocenters. The molecule has 0 heterocycles. The van der Waals surface area contributed by atoms with Crippen molar-refractivity contribution in [1.29, 1.82) is 0 Å². The van der Waals surface area contributed by atoms with Crippen LogP contribution < -0.4 is 10.1 Å². The molecule has 0 saturated heterocycles. The van der Waals surface area contributed by atoms with Gasteiger partial charge < -0.3 is 14.8 Å². The number of ether oxygens (including phenoxy) is 2. The van der Waals surface area contributed by atoms with Crippen molar-refractivity contribution in [2.75, 3.05) is 25.6 Å². The van der Waals surface area contributed by atoms with Crippen LogP contribution in [-0.4, -0.2) is 26.2 Å². The first-order chi connectivity index (χ1) is 11.0. The fraction of sp³-hybridized carbons (Fsp3) is 0.235. The first-order valence-corrected chi connectivity index (χ1v) is 7.02. The minimum absolute atomic E-state index is 0.137. The number of hydrogen-bond donors (Lipinski definition) is 1. The number of anilines is 1. The van der Waals surface area contributed by atoms with E-state index in [1.165, 1.54) is 37.4 Å². The molecule has 1 N–H and O–H groups in total. The van der Waals surface area contributed by atoms with Crippen molar-refractivity contribution < 1.29 is 23.0 Å². The molecule has 0 saturated carbocycles. The maximum atomic E-state index is 13.8. The van der Waals surface area contributed by atoms with Crippen LogP contribution >= 0.6 is 0 Å². The van der Waals surface area contributed by atoms with E-state index in [-0.39, 0.29) is 11.4 Å². The summed E-state index contributed by atoms with van der Waals surface area (Å²) in [7, 11) is 1.24. The van der Waals surface area contributed by atoms with E-state index in [0.717, 1.165) is 6.07 Å². The monoisotopic (exact) mass is 321 g/mol. The molecule has 4 nitrogen and oxygen atoms in total. The van der Waals surface area contributed by atoms with E-state index in [9.17, 15) is 13.6 Å². The number of carbonyl (C=O) groups is 1. The van der Waals surface area contributed by atoms with Crippen molar-refractivity contribution in [2.24, 2.45) is 0 Å². The molecule has 0 bridgehead atoms. The Morgan fingerprint density at radius 2 is 1.87 bits per heavy atom. The SMILES string of the molecule is COC(=O)c1cc(F)c(C)c(NCCOc2ccc(F)cc2)c1. The van der Waals surface area contributed by atoms with Gasteiger partial charge in [0.05, 0.1) is 12.7 Å². The molecule has 2 aromatic rings. The Morgan fingerprint density at radius 3 is 2.52 bits per heavy atom. The number of esters is 1. The van der Waals surface area contributed by atoms with Crippen LogP contribution in [0.25, 0.3) is 0 Å². The van der Waals surface area contributed by atoms with Crippen LogP contribution in [0.1, 0.15) is 15.9 Å². The molecule has 23 heavy (non-hydrogen) atoms. The van der Waals surface area contributed by atoms with Gasteiger partial charge in [0.2, 0.25) is 0 Å².